The van der Waals surface area contributed by atoms with Gasteiger partial charge in [0.05, 0.1) is 10.0 Å². The SMILES string of the molecule is Cc1ccc(CNCCOc2ccc(Cl)c(Cl)c2)cc1Cl. The Kier molecular flexibility index (Phi) is 6.19. The molecule has 0 aliphatic carbocycles. The number of rotatable bonds is 6. The van der Waals surface area contributed by atoms with Crippen LogP contribution < -0.4 is 10.1 Å². The molecule has 1 N–H and O–H groups in total. The van der Waals surface area contributed by atoms with Crippen molar-refractivity contribution in [2.75, 3.05) is 13.2 Å². The first-order valence-corrected chi connectivity index (χ1v) is 7.73. The Morgan fingerprint density at radius 2 is 1.76 bits per heavy atom. The van der Waals surface area contributed by atoms with Crippen molar-refractivity contribution in [3.05, 3.63) is 62.6 Å². The fourth-order valence-corrected chi connectivity index (χ4v) is 2.28. The van der Waals surface area contributed by atoms with Gasteiger partial charge in [0.2, 0.25) is 0 Å². The number of benzene rings is 2. The molecule has 0 aromatic heterocycles. The molecule has 0 saturated carbocycles. The summed E-state index contributed by atoms with van der Waals surface area (Å²) in [6.45, 7) is 4.03. The van der Waals surface area contributed by atoms with Crippen LogP contribution in [-0.4, -0.2) is 13.2 Å². The first-order valence-electron chi connectivity index (χ1n) is 6.60. The molecule has 0 saturated heterocycles. The van der Waals surface area contributed by atoms with Crippen molar-refractivity contribution >= 4 is 34.8 Å². The molecule has 0 spiro atoms. The fraction of sp³-hybridized carbons (Fsp3) is 0.250. The molecule has 21 heavy (non-hydrogen) atoms. The maximum Gasteiger partial charge on any atom is 0.120 e. The molecular weight excluding hydrogens is 329 g/mol. The van der Waals surface area contributed by atoms with E-state index < -0.39 is 0 Å². The van der Waals surface area contributed by atoms with Gasteiger partial charge in [-0.25, -0.2) is 0 Å². The van der Waals surface area contributed by atoms with Crippen molar-refractivity contribution in [3.63, 3.8) is 0 Å². The molecule has 2 rings (SSSR count). The van der Waals surface area contributed by atoms with Crippen LogP contribution in [-0.2, 0) is 6.54 Å². The second-order valence-electron chi connectivity index (χ2n) is 4.68. The molecule has 0 atom stereocenters. The summed E-state index contributed by atoms with van der Waals surface area (Å²) >= 11 is 17.9. The highest BCUT2D eigenvalue weighted by Crippen LogP contribution is 2.26. The number of halogens is 3. The first kappa shape index (κ1) is 16.4. The molecule has 0 aliphatic rings. The van der Waals surface area contributed by atoms with Gasteiger partial charge in [0.25, 0.3) is 0 Å². The summed E-state index contributed by atoms with van der Waals surface area (Å²) in [7, 11) is 0. The van der Waals surface area contributed by atoms with E-state index in [4.69, 9.17) is 39.5 Å². The maximum atomic E-state index is 6.09. The Labute approximate surface area is 140 Å². The molecule has 112 valence electrons. The van der Waals surface area contributed by atoms with E-state index in [2.05, 4.69) is 11.4 Å². The lowest BCUT2D eigenvalue weighted by Crippen LogP contribution is -2.20. The minimum atomic E-state index is 0.497. The Hall–Kier alpha value is -0.930. The van der Waals surface area contributed by atoms with Crippen LogP contribution in [0.15, 0.2) is 36.4 Å². The van der Waals surface area contributed by atoms with Gasteiger partial charge in [0.1, 0.15) is 12.4 Å². The van der Waals surface area contributed by atoms with E-state index in [0.717, 1.165) is 29.2 Å². The van der Waals surface area contributed by atoms with E-state index in [-0.39, 0.29) is 0 Å². The average molecular weight is 345 g/mol. The van der Waals surface area contributed by atoms with Crippen LogP contribution in [0.2, 0.25) is 15.1 Å². The van der Waals surface area contributed by atoms with Crippen LogP contribution in [0.4, 0.5) is 0 Å². The van der Waals surface area contributed by atoms with Crippen LogP contribution in [0.3, 0.4) is 0 Å². The van der Waals surface area contributed by atoms with Gasteiger partial charge in [-0.05, 0) is 36.2 Å². The van der Waals surface area contributed by atoms with Crippen molar-refractivity contribution < 1.29 is 4.74 Å². The number of ether oxygens (including phenoxy) is 1. The summed E-state index contributed by atoms with van der Waals surface area (Å²) in [5.41, 5.74) is 2.24. The van der Waals surface area contributed by atoms with Gasteiger partial charge < -0.3 is 10.1 Å². The smallest absolute Gasteiger partial charge is 0.120 e. The minimum absolute atomic E-state index is 0.497. The van der Waals surface area contributed by atoms with E-state index in [1.807, 2.05) is 19.1 Å². The van der Waals surface area contributed by atoms with Crippen LogP contribution in [0.1, 0.15) is 11.1 Å². The molecule has 0 amide bonds. The van der Waals surface area contributed by atoms with Crippen LogP contribution in [0.25, 0.3) is 0 Å². The second-order valence-corrected chi connectivity index (χ2v) is 5.91. The van der Waals surface area contributed by atoms with Gasteiger partial charge in [-0.2, -0.15) is 0 Å². The standard InChI is InChI=1S/C16H16Cl3NO/c1-11-2-3-12(8-15(11)18)10-20-6-7-21-13-4-5-14(17)16(19)9-13/h2-5,8-9,20H,6-7,10H2,1H3. The summed E-state index contributed by atoms with van der Waals surface area (Å²) in [6, 6.07) is 11.3. The number of aryl methyl sites for hydroxylation is 1. The minimum Gasteiger partial charge on any atom is -0.492 e. The molecule has 2 aromatic carbocycles. The molecule has 2 aromatic rings. The molecule has 0 fully saturated rings. The van der Waals surface area contributed by atoms with Crippen LogP contribution in [0, 0.1) is 6.92 Å². The normalized spacial score (nSPS) is 10.7. The Bertz CT molecular complexity index is 563. The lowest BCUT2D eigenvalue weighted by atomic mass is 10.1. The van der Waals surface area contributed by atoms with E-state index in [0.29, 0.717) is 22.4 Å². The lowest BCUT2D eigenvalue weighted by molar-refractivity contribution is 0.313. The monoisotopic (exact) mass is 343 g/mol. The van der Waals surface area contributed by atoms with E-state index in [1.165, 1.54) is 0 Å². The average Bonchev–Trinajstić information content (AvgIpc) is 2.46. The molecule has 0 unspecified atom stereocenters. The summed E-state index contributed by atoms with van der Waals surface area (Å²) in [4.78, 5) is 0. The predicted octanol–water partition coefficient (Wildman–Crippen LogP) is 5.12. The molecule has 0 radical (unpaired) electrons. The molecular formula is C16H16Cl3NO. The summed E-state index contributed by atoms with van der Waals surface area (Å²) in [5, 5.41) is 5.12. The molecule has 5 heteroatoms. The highest BCUT2D eigenvalue weighted by atomic mass is 35.5. The quantitative estimate of drug-likeness (QED) is 0.734. The second kappa shape index (κ2) is 7.90. The summed E-state index contributed by atoms with van der Waals surface area (Å²) in [5.74, 6) is 0.713. The maximum absolute atomic E-state index is 6.09. The van der Waals surface area contributed by atoms with Gasteiger partial charge in [-0.3, -0.25) is 0 Å². The molecule has 2 nitrogen and oxygen atoms in total. The van der Waals surface area contributed by atoms with Gasteiger partial charge in [-0.15, -0.1) is 0 Å². The van der Waals surface area contributed by atoms with Gasteiger partial charge in [-0.1, -0.05) is 46.9 Å². The first-order chi connectivity index (χ1) is 10.1. The molecule has 0 heterocycles. The third-order valence-electron chi connectivity index (χ3n) is 3.00. The third kappa shape index (κ3) is 5.08. The Morgan fingerprint density at radius 1 is 0.952 bits per heavy atom. The van der Waals surface area contributed by atoms with E-state index in [9.17, 15) is 0 Å². The van der Waals surface area contributed by atoms with E-state index in [1.54, 1.807) is 18.2 Å². The summed E-state index contributed by atoms with van der Waals surface area (Å²) < 4.78 is 5.59. The van der Waals surface area contributed by atoms with Crippen molar-refractivity contribution in [3.8, 4) is 5.75 Å². The fourth-order valence-electron chi connectivity index (χ4n) is 1.79. The van der Waals surface area contributed by atoms with Crippen molar-refractivity contribution in [2.45, 2.75) is 13.5 Å². The highest BCUT2D eigenvalue weighted by molar-refractivity contribution is 6.42. The van der Waals surface area contributed by atoms with Gasteiger partial charge in [0.15, 0.2) is 0 Å². The lowest BCUT2D eigenvalue weighted by Gasteiger charge is -2.09. The summed E-state index contributed by atoms with van der Waals surface area (Å²) in [6.07, 6.45) is 0. The zero-order chi connectivity index (χ0) is 15.2. The van der Waals surface area contributed by atoms with Gasteiger partial charge in [0, 0.05) is 24.2 Å². The number of hydrogen-bond acceptors (Lipinski definition) is 2. The van der Waals surface area contributed by atoms with Crippen molar-refractivity contribution in [2.24, 2.45) is 0 Å². The Morgan fingerprint density at radius 3 is 2.48 bits per heavy atom. The van der Waals surface area contributed by atoms with Crippen LogP contribution >= 0.6 is 34.8 Å². The third-order valence-corrected chi connectivity index (χ3v) is 4.15. The molecule has 0 aliphatic heterocycles. The molecule has 0 bridgehead atoms. The number of nitrogens with one attached hydrogen (secondary N) is 1. The van der Waals surface area contributed by atoms with E-state index >= 15 is 0 Å². The van der Waals surface area contributed by atoms with Gasteiger partial charge >= 0.3 is 0 Å². The highest BCUT2D eigenvalue weighted by Gasteiger charge is 2.01. The zero-order valence-electron chi connectivity index (χ0n) is 11.6. The largest absolute Gasteiger partial charge is 0.492 e. The van der Waals surface area contributed by atoms with Crippen molar-refractivity contribution in [1.29, 1.82) is 0 Å². The van der Waals surface area contributed by atoms with Crippen LogP contribution in [0.5, 0.6) is 5.75 Å². The zero-order valence-corrected chi connectivity index (χ0v) is 13.9. The number of hydrogen-bond donors (Lipinski definition) is 1. The Balaban J connectivity index is 1.72. The van der Waals surface area contributed by atoms with Crippen molar-refractivity contribution in [1.82, 2.24) is 5.32 Å². The topological polar surface area (TPSA) is 21.3 Å². The predicted molar refractivity (Wildman–Crippen MR) is 89.9 cm³/mol.